The van der Waals surface area contributed by atoms with Crippen LogP contribution in [0.1, 0.15) is 5.56 Å². The highest BCUT2D eigenvalue weighted by molar-refractivity contribution is 7.99. The van der Waals surface area contributed by atoms with Crippen molar-refractivity contribution in [1.82, 2.24) is 24.5 Å². The molecule has 0 aliphatic heterocycles. The molecule has 146 valence electrons. The molecule has 4 aromatic rings. The van der Waals surface area contributed by atoms with Gasteiger partial charge in [0.1, 0.15) is 0 Å². The van der Waals surface area contributed by atoms with Crippen molar-refractivity contribution in [3.63, 3.8) is 0 Å². The van der Waals surface area contributed by atoms with Crippen LogP contribution in [0.25, 0.3) is 11.4 Å². The van der Waals surface area contributed by atoms with Crippen LogP contribution in [0.3, 0.4) is 0 Å². The molecule has 0 saturated heterocycles. The minimum atomic E-state index is -0.148. The third-order valence-electron chi connectivity index (χ3n) is 4.16. The number of carbonyl (C=O) groups is 1. The van der Waals surface area contributed by atoms with Crippen molar-refractivity contribution in [2.45, 2.75) is 12.1 Å². The first-order valence-corrected chi connectivity index (χ1v) is 10.2. The summed E-state index contributed by atoms with van der Waals surface area (Å²) in [6.45, 7) is 1.92. The number of benzene rings is 1. The normalized spacial score (nSPS) is 10.8. The maximum atomic E-state index is 12.5. The third-order valence-corrected chi connectivity index (χ3v) is 5.31. The molecule has 1 N–H and O–H groups in total. The average Bonchev–Trinajstić information content (AvgIpc) is 3.39. The van der Waals surface area contributed by atoms with E-state index in [9.17, 15) is 4.79 Å². The second-order valence-corrected chi connectivity index (χ2v) is 7.60. The van der Waals surface area contributed by atoms with Crippen LogP contribution in [0.15, 0.2) is 72.4 Å². The summed E-state index contributed by atoms with van der Waals surface area (Å²) in [5, 5.41) is 12.7. The Hall–Kier alpha value is -3.10. The number of rotatable bonds is 6. The fraction of sp³-hybridized carbons (Fsp3) is 0.100. The van der Waals surface area contributed by atoms with Gasteiger partial charge in [0, 0.05) is 41.1 Å². The van der Waals surface area contributed by atoms with Crippen LogP contribution in [0.5, 0.6) is 0 Å². The molecule has 4 rings (SSSR count). The van der Waals surface area contributed by atoms with Gasteiger partial charge in [0.25, 0.3) is 0 Å². The van der Waals surface area contributed by atoms with E-state index in [-0.39, 0.29) is 11.7 Å². The zero-order valence-corrected chi connectivity index (χ0v) is 17.1. The lowest BCUT2D eigenvalue weighted by Gasteiger charge is -2.11. The highest BCUT2D eigenvalue weighted by atomic mass is 35.5. The number of pyridine rings is 1. The first-order chi connectivity index (χ1) is 14.1. The molecule has 7 nitrogen and oxygen atoms in total. The van der Waals surface area contributed by atoms with E-state index in [0.29, 0.717) is 21.7 Å². The highest BCUT2D eigenvalue weighted by Crippen LogP contribution is 2.25. The lowest BCUT2D eigenvalue weighted by molar-refractivity contribution is -0.113. The van der Waals surface area contributed by atoms with Gasteiger partial charge >= 0.3 is 0 Å². The molecule has 0 spiro atoms. The Morgan fingerprint density at radius 3 is 2.76 bits per heavy atom. The first kappa shape index (κ1) is 19.2. The van der Waals surface area contributed by atoms with Gasteiger partial charge in [-0.1, -0.05) is 29.4 Å². The standard InChI is InChI=1S/C20H17ClN6OS/c1-14-6-7-16(21)11-17(14)23-18(28)13-29-20-25-24-19(15-5-4-8-22-12-15)27(20)26-9-2-3-10-26/h2-12H,13H2,1H3,(H,23,28). The fourth-order valence-electron chi connectivity index (χ4n) is 2.74. The number of nitrogens with zero attached hydrogens (tertiary/aromatic N) is 5. The van der Waals surface area contributed by atoms with Gasteiger partial charge in [0.2, 0.25) is 11.1 Å². The van der Waals surface area contributed by atoms with E-state index in [1.54, 1.807) is 24.5 Å². The van der Waals surface area contributed by atoms with E-state index in [1.165, 1.54) is 11.8 Å². The lowest BCUT2D eigenvalue weighted by Crippen LogP contribution is -2.16. The zero-order chi connectivity index (χ0) is 20.2. The van der Waals surface area contributed by atoms with Gasteiger partial charge in [-0.3, -0.25) is 14.5 Å². The Bertz CT molecular complexity index is 1130. The Morgan fingerprint density at radius 2 is 2.00 bits per heavy atom. The Balaban J connectivity index is 1.55. The summed E-state index contributed by atoms with van der Waals surface area (Å²) in [7, 11) is 0. The molecule has 0 aliphatic carbocycles. The number of amides is 1. The summed E-state index contributed by atoms with van der Waals surface area (Å²) in [4.78, 5) is 16.6. The molecule has 0 unspecified atom stereocenters. The molecule has 29 heavy (non-hydrogen) atoms. The van der Waals surface area contributed by atoms with Crippen molar-refractivity contribution in [2.75, 3.05) is 11.1 Å². The molecular weight excluding hydrogens is 408 g/mol. The van der Waals surface area contributed by atoms with Crippen LogP contribution in [0, 0.1) is 6.92 Å². The van der Waals surface area contributed by atoms with Gasteiger partial charge in [-0.2, -0.15) is 0 Å². The van der Waals surface area contributed by atoms with Crippen LogP contribution < -0.4 is 5.32 Å². The second-order valence-electron chi connectivity index (χ2n) is 6.22. The number of nitrogens with one attached hydrogen (secondary N) is 1. The average molecular weight is 425 g/mol. The molecule has 3 aromatic heterocycles. The van der Waals surface area contributed by atoms with Crippen molar-refractivity contribution >= 4 is 35.0 Å². The summed E-state index contributed by atoms with van der Waals surface area (Å²) in [6, 6.07) is 13.0. The molecule has 0 atom stereocenters. The molecule has 0 bridgehead atoms. The van der Waals surface area contributed by atoms with E-state index >= 15 is 0 Å². The predicted molar refractivity (Wildman–Crippen MR) is 114 cm³/mol. The van der Waals surface area contributed by atoms with Crippen molar-refractivity contribution < 1.29 is 4.79 Å². The Kier molecular flexibility index (Phi) is 5.64. The summed E-state index contributed by atoms with van der Waals surface area (Å²) in [5.74, 6) is 0.673. The molecular formula is C20H17ClN6OS. The van der Waals surface area contributed by atoms with Crippen molar-refractivity contribution in [2.24, 2.45) is 0 Å². The minimum Gasteiger partial charge on any atom is -0.325 e. The molecule has 1 aromatic carbocycles. The Labute approximate surface area is 176 Å². The SMILES string of the molecule is Cc1ccc(Cl)cc1NC(=O)CSc1nnc(-c2cccnc2)n1-n1cccc1. The van der Waals surface area contributed by atoms with Crippen LogP contribution >= 0.6 is 23.4 Å². The predicted octanol–water partition coefficient (Wildman–Crippen LogP) is 4.15. The summed E-state index contributed by atoms with van der Waals surface area (Å²) in [6.07, 6.45) is 7.22. The van der Waals surface area contributed by atoms with Crippen LogP contribution in [0.2, 0.25) is 5.02 Å². The van der Waals surface area contributed by atoms with Gasteiger partial charge in [-0.25, -0.2) is 4.68 Å². The van der Waals surface area contributed by atoms with Crippen molar-refractivity contribution in [3.05, 3.63) is 77.8 Å². The monoisotopic (exact) mass is 424 g/mol. The van der Waals surface area contributed by atoms with Crippen LogP contribution in [0.4, 0.5) is 5.69 Å². The van der Waals surface area contributed by atoms with Crippen molar-refractivity contribution in [3.8, 4) is 11.4 Å². The number of hydrogen-bond acceptors (Lipinski definition) is 5. The zero-order valence-electron chi connectivity index (χ0n) is 15.5. The molecule has 0 saturated carbocycles. The summed E-state index contributed by atoms with van der Waals surface area (Å²) < 4.78 is 3.71. The third kappa shape index (κ3) is 4.33. The number of aryl methyl sites for hydroxylation is 1. The maximum absolute atomic E-state index is 12.5. The molecule has 0 radical (unpaired) electrons. The lowest BCUT2D eigenvalue weighted by atomic mass is 10.2. The number of thioether (sulfide) groups is 1. The van der Waals surface area contributed by atoms with E-state index in [2.05, 4.69) is 20.5 Å². The molecule has 9 heteroatoms. The van der Waals surface area contributed by atoms with Gasteiger partial charge in [0.15, 0.2) is 5.82 Å². The molecule has 1 amide bonds. The van der Waals surface area contributed by atoms with E-state index in [0.717, 1.165) is 11.1 Å². The van der Waals surface area contributed by atoms with Gasteiger partial charge in [-0.05, 0) is 48.9 Å². The number of anilines is 1. The first-order valence-electron chi connectivity index (χ1n) is 8.80. The van der Waals surface area contributed by atoms with Gasteiger partial charge in [0.05, 0.1) is 5.75 Å². The molecule has 0 fully saturated rings. The topological polar surface area (TPSA) is 77.6 Å². The summed E-state index contributed by atoms with van der Waals surface area (Å²) >= 11 is 7.33. The highest BCUT2D eigenvalue weighted by Gasteiger charge is 2.17. The number of halogens is 1. The minimum absolute atomic E-state index is 0.148. The van der Waals surface area contributed by atoms with E-state index < -0.39 is 0 Å². The summed E-state index contributed by atoms with van der Waals surface area (Å²) in [5.41, 5.74) is 2.48. The smallest absolute Gasteiger partial charge is 0.234 e. The maximum Gasteiger partial charge on any atom is 0.234 e. The van der Waals surface area contributed by atoms with Gasteiger partial charge < -0.3 is 5.32 Å². The van der Waals surface area contributed by atoms with Crippen LogP contribution in [-0.4, -0.2) is 36.2 Å². The van der Waals surface area contributed by atoms with E-state index in [4.69, 9.17) is 11.6 Å². The largest absolute Gasteiger partial charge is 0.325 e. The number of hydrogen-bond donors (Lipinski definition) is 1. The number of carbonyl (C=O) groups excluding carboxylic acids is 1. The van der Waals surface area contributed by atoms with Gasteiger partial charge in [-0.15, -0.1) is 10.2 Å². The van der Waals surface area contributed by atoms with Crippen LogP contribution in [-0.2, 0) is 4.79 Å². The Morgan fingerprint density at radius 1 is 1.17 bits per heavy atom. The second kappa shape index (κ2) is 8.50. The number of aromatic nitrogens is 5. The van der Waals surface area contributed by atoms with E-state index in [1.807, 2.05) is 59.0 Å². The van der Waals surface area contributed by atoms with Crippen molar-refractivity contribution in [1.29, 1.82) is 0 Å². The molecule has 0 aliphatic rings. The fourth-order valence-corrected chi connectivity index (χ4v) is 3.65. The molecule has 3 heterocycles. The quantitative estimate of drug-likeness (QED) is 0.470.